The molecule has 19 heavy (non-hydrogen) atoms. The highest BCUT2D eigenvalue weighted by atomic mass is 32.1. The fourth-order valence-corrected chi connectivity index (χ4v) is 2.28. The van der Waals surface area contributed by atoms with Crippen LogP contribution in [-0.4, -0.2) is 20.1 Å². The maximum absolute atomic E-state index is 5.67. The van der Waals surface area contributed by atoms with Crippen LogP contribution in [0.3, 0.4) is 0 Å². The number of aromatic nitrogens is 4. The van der Waals surface area contributed by atoms with Gasteiger partial charge in [-0.15, -0.1) is 11.3 Å². The molecule has 0 aliphatic heterocycles. The van der Waals surface area contributed by atoms with Crippen LogP contribution in [0.5, 0.6) is 0 Å². The quantitative estimate of drug-likeness (QED) is 0.785. The number of aryl methyl sites for hydroxylation is 1. The van der Waals surface area contributed by atoms with Gasteiger partial charge in [-0.1, -0.05) is 5.16 Å². The summed E-state index contributed by atoms with van der Waals surface area (Å²) >= 11 is 1.60. The Morgan fingerprint density at radius 2 is 2.21 bits per heavy atom. The van der Waals surface area contributed by atoms with Gasteiger partial charge in [-0.05, 0) is 13.0 Å². The Bertz CT molecular complexity index is 705. The van der Waals surface area contributed by atoms with E-state index in [0.717, 1.165) is 10.7 Å². The number of nitrogens with two attached hydrogens (primary N) is 1. The third kappa shape index (κ3) is 2.60. The molecule has 7 heteroatoms. The van der Waals surface area contributed by atoms with Crippen LogP contribution in [0.4, 0.5) is 5.69 Å². The average molecular weight is 273 g/mol. The van der Waals surface area contributed by atoms with Crippen LogP contribution in [0.2, 0.25) is 0 Å². The zero-order valence-corrected chi connectivity index (χ0v) is 11.0. The van der Waals surface area contributed by atoms with E-state index in [1.807, 2.05) is 12.3 Å². The Labute approximate surface area is 113 Å². The molecular weight excluding hydrogens is 262 g/mol. The van der Waals surface area contributed by atoms with Crippen LogP contribution in [0, 0.1) is 6.92 Å². The highest BCUT2D eigenvalue weighted by Crippen LogP contribution is 2.19. The van der Waals surface area contributed by atoms with Crippen molar-refractivity contribution in [3.63, 3.8) is 0 Å². The minimum atomic E-state index is 0.418. The topological polar surface area (TPSA) is 90.7 Å². The summed E-state index contributed by atoms with van der Waals surface area (Å²) < 4.78 is 5.20. The van der Waals surface area contributed by atoms with Crippen LogP contribution in [0.1, 0.15) is 16.5 Å². The van der Waals surface area contributed by atoms with Crippen LogP contribution in [0.25, 0.3) is 11.5 Å². The van der Waals surface area contributed by atoms with Gasteiger partial charge in [-0.3, -0.25) is 4.98 Å². The van der Waals surface area contributed by atoms with Crippen molar-refractivity contribution in [2.75, 3.05) is 5.73 Å². The summed E-state index contributed by atoms with van der Waals surface area (Å²) in [5.74, 6) is 1.02. The van der Waals surface area contributed by atoms with E-state index in [1.165, 1.54) is 0 Å². The standard InChI is InChI=1S/C12H11N5OS/c1-7-15-10(6-19-7)3-11-16-12(18-17-11)8-2-9(13)5-14-4-8/h2,4-6H,3,13H2,1H3. The molecule has 96 valence electrons. The number of thiazole rings is 1. The molecule has 0 aliphatic carbocycles. The SMILES string of the molecule is Cc1nc(Cc2noc(-c3cncc(N)c3)n2)cs1. The Kier molecular flexibility index (Phi) is 2.96. The number of nitrogen functional groups attached to an aromatic ring is 1. The predicted octanol–water partition coefficient (Wildman–Crippen LogP) is 2.07. The summed E-state index contributed by atoms with van der Waals surface area (Å²) in [6.07, 6.45) is 3.77. The van der Waals surface area contributed by atoms with Gasteiger partial charge in [-0.2, -0.15) is 4.98 Å². The fraction of sp³-hybridized carbons (Fsp3) is 0.167. The Hall–Kier alpha value is -2.28. The van der Waals surface area contributed by atoms with E-state index in [2.05, 4.69) is 20.1 Å². The summed E-state index contributed by atoms with van der Waals surface area (Å²) in [7, 11) is 0. The minimum absolute atomic E-state index is 0.418. The summed E-state index contributed by atoms with van der Waals surface area (Å²) in [5.41, 5.74) is 7.89. The molecule has 0 saturated carbocycles. The average Bonchev–Trinajstić information content (AvgIpc) is 2.99. The van der Waals surface area contributed by atoms with Crippen molar-refractivity contribution in [1.29, 1.82) is 0 Å². The maximum atomic E-state index is 5.67. The van der Waals surface area contributed by atoms with Gasteiger partial charge in [0.05, 0.1) is 28.4 Å². The summed E-state index contributed by atoms with van der Waals surface area (Å²) in [6, 6.07) is 1.75. The first-order valence-corrected chi connectivity index (χ1v) is 6.53. The summed E-state index contributed by atoms with van der Waals surface area (Å²) in [6.45, 7) is 1.97. The van der Waals surface area contributed by atoms with Gasteiger partial charge in [0.1, 0.15) is 0 Å². The number of rotatable bonds is 3. The lowest BCUT2D eigenvalue weighted by Crippen LogP contribution is -1.91. The first-order chi connectivity index (χ1) is 9.20. The van der Waals surface area contributed by atoms with Gasteiger partial charge in [0, 0.05) is 17.8 Å². The summed E-state index contributed by atoms with van der Waals surface area (Å²) in [4.78, 5) is 12.7. The van der Waals surface area contributed by atoms with E-state index >= 15 is 0 Å². The van der Waals surface area contributed by atoms with Gasteiger partial charge < -0.3 is 10.3 Å². The van der Waals surface area contributed by atoms with E-state index < -0.39 is 0 Å². The molecule has 3 rings (SSSR count). The molecule has 0 amide bonds. The Morgan fingerprint density at radius 1 is 1.32 bits per heavy atom. The molecule has 0 radical (unpaired) electrons. The number of nitrogens with zero attached hydrogens (tertiary/aromatic N) is 4. The number of pyridine rings is 1. The molecule has 0 aliphatic rings. The molecule has 2 N–H and O–H groups in total. The van der Waals surface area contributed by atoms with Crippen molar-refractivity contribution in [3.05, 3.63) is 40.4 Å². The molecule has 0 aromatic carbocycles. The van der Waals surface area contributed by atoms with Crippen LogP contribution in [0.15, 0.2) is 28.4 Å². The van der Waals surface area contributed by atoms with Crippen molar-refractivity contribution in [2.45, 2.75) is 13.3 Å². The molecule has 0 atom stereocenters. The Morgan fingerprint density at radius 3 is 2.95 bits per heavy atom. The fourth-order valence-electron chi connectivity index (χ4n) is 1.67. The number of hydrogen-bond donors (Lipinski definition) is 1. The lowest BCUT2D eigenvalue weighted by molar-refractivity contribution is 0.423. The summed E-state index contributed by atoms with van der Waals surface area (Å²) in [5, 5.41) is 6.96. The highest BCUT2D eigenvalue weighted by molar-refractivity contribution is 7.09. The second-order valence-electron chi connectivity index (χ2n) is 4.06. The third-order valence-corrected chi connectivity index (χ3v) is 3.30. The van der Waals surface area contributed by atoms with Crippen molar-refractivity contribution >= 4 is 17.0 Å². The van der Waals surface area contributed by atoms with Crippen LogP contribution in [-0.2, 0) is 6.42 Å². The van der Waals surface area contributed by atoms with Gasteiger partial charge >= 0.3 is 0 Å². The number of anilines is 1. The van der Waals surface area contributed by atoms with E-state index in [9.17, 15) is 0 Å². The third-order valence-electron chi connectivity index (χ3n) is 2.48. The first-order valence-electron chi connectivity index (χ1n) is 5.65. The van der Waals surface area contributed by atoms with Crippen LogP contribution >= 0.6 is 11.3 Å². The molecule has 0 saturated heterocycles. The number of hydrogen-bond acceptors (Lipinski definition) is 7. The molecule has 3 aromatic rings. The molecular formula is C12H11N5OS. The highest BCUT2D eigenvalue weighted by Gasteiger charge is 2.11. The molecule has 3 aromatic heterocycles. The Balaban J connectivity index is 1.83. The lowest BCUT2D eigenvalue weighted by Gasteiger charge is -1.94. The van der Waals surface area contributed by atoms with Crippen molar-refractivity contribution in [2.24, 2.45) is 0 Å². The van der Waals surface area contributed by atoms with Gasteiger partial charge in [0.15, 0.2) is 5.82 Å². The molecule has 0 bridgehead atoms. The largest absolute Gasteiger partial charge is 0.397 e. The van der Waals surface area contributed by atoms with Gasteiger partial charge in [0.2, 0.25) is 0 Å². The molecule has 0 unspecified atom stereocenters. The lowest BCUT2D eigenvalue weighted by atomic mass is 10.2. The maximum Gasteiger partial charge on any atom is 0.259 e. The minimum Gasteiger partial charge on any atom is -0.397 e. The van der Waals surface area contributed by atoms with E-state index in [1.54, 1.807) is 29.8 Å². The smallest absolute Gasteiger partial charge is 0.259 e. The normalized spacial score (nSPS) is 10.8. The predicted molar refractivity (Wildman–Crippen MR) is 71.6 cm³/mol. The zero-order chi connectivity index (χ0) is 13.2. The van der Waals surface area contributed by atoms with Gasteiger partial charge in [0.25, 0.3) is 5.89 Å². The van der Waals surface area contributed by atoms with Crippen molar-refractivity contribution in [1.82, 2.24) is 20.1 Å². The van der Waals surface area contributed by atoms with Crippen LogP contribution < -0.4 is 5.73 Å². The van der Waals surface area contributed by atoms with E-state index in [4.69, 9.17) is 10.3 Å². The zero-order valence-electron chi connectivity index (χ0n) is 10.2. The molecule has 0 fully saturated rings. The van der Waals surface area contributed by atoms with Crippen molar-refractivity contribution < 1.29 is 4.52 Å². The molecule has 0 spiro atoms. The van der Waals surface area contributed by atoms with E-state index in [-0.39, 0.29) is 0 Å². The second kappa shape index (κ2) is 4.77. The first kappa shape index (κ1) is 11.8. The van der Waals surface area contributed by atoms with Crippen molar-refractivity contribution in [3.8, 4) is 11.5 Å². The monoisotopic (exact) mass is 273 g/mol. The molecule has 6 nitrogen and oxygen atoms in total. The second-order valence-corrected chi connectivity index (χ2v) is 5.12. The van der Waals surface area contributed by atoms with E-state index in [0.29, 0.717) is 29.4 Å². The van der Waals surface area contributed by atoms with Gasteiger partial charge in [-0.25, -0.2) is 4.98 Å². The molecule has 3 heterocycles.